The van der Waals surface area contributed by atoms with Crippen molar-refractivity contribution in [2.45, 2.75) is 117 Å². The summed E-state index contributed by atoms with van der Waals surface area (Å²) >= 11 is 0. The third-order valence-corrected chi connectivity index (χ3v) is 14.7. The molecule has 0 saturated heterocycles. The summed E-state index contributed by atoms with van der Waals surface area (Å²) in [6.45, 7) is 20.5. The summed E-state index contributed by atoms with van der Waals surface area (Å²) in [5.74, 6) is -1.85. The lowest BCUT2D eigenvalue weighted by atomic mass is 10.1. The fourth-order valence-electron chi connectivity index (χ4n) is 6.48. The molecule has 2 aromatic carbocycles. The predicted octanol–water partition coefficient (Wildman–Crippen LogP) is 8.60. The molecule has 264 valence electrons. The Balaban J connectivity index is 1.85. The molecule has 0 aliphatic carbocycles. The largest absolute Gasteiger partial charge is 0.465 e. The summed E-state index contributed by atoms with van der Waals surface area (Å²) in [7, 11) is -0.934. The van der Waals surface area contributed by atoms with Gasteiger partial charge in [-0.25, -0.2) is 19.0 Å². The zero-order valence-corrected chi connectivity index (χ0v) is 31.2. The number of amides is 2. The van der Waals surface area contributed by atoms with Crippen molar-refractivity contribution in [1.29, 1.82) is 0 Å². The van der Waals surface area contributed by atoms with Gasteiger partial charge in [-0.05, 0) is 92.6 Å². The van der Waals surface area contributed by atoms with E-state index in [-0.39, 0.29) is 11.1 Å². The number of halogens is 1. The third-order valence-electron chi connectivity index (χ3n) is 8.59. The molecule has 48 heavy (non-hydrogen) atoms. The van der Waals surface area contributed by atoms with Gasteiger partial charge in [0.1, 0.15) is 11.4 Å². The Labute approximate surface area is 285 Å². The van der Waals surface area contributed by atoms with Crippen molar-refractivity contribution in [2.75, 3.05) is 19.0 Å². The lowest BCUT2D eigenvalue weighted by molar-refractivity contribution is 0.0525. The van der Waals surface area contributed by atoms with E-state index in [9.17, 15) is 18.8 Å². The van der Waals surface area contributed by atoms with Crippen molar-refractivity contribution in [2.24, 2.45) is 0 Å². The zero-order chi connectivity index (χ0) is 35.8. The number of benzene rings is 2. The minimum absolute atomic E-state index is 0.0927. The van der Waals surface area contributed by atoms with Crippen LogP contribution in [0.1, 0.15) is 108 Å². The third kappa shape index (κ3) is 9.65. The van der Waals surface area contributed by atoms with Gasteiger partial charge >= 0.3 is 12.1 Å². The van der Waals surface area contributed by atoms with Gasteiger partial charge in [0, 0.05) is 18.7 Å². The first-order valence-corrected chi connectivity index (χ1v) is 18.9. The van der Waals surface area contributed by atoms with Crippen molar-refractivity contribution in [3.05, 3.63) is 58.9 Å². The first-order chi connectivity index (χ1) is 22.5. The number of carbonyl (C=O) groups is 3. The van der Waals surface area contributed by atoms with Crippen LogP contribution in [0.2, 0.25) is 16.6 Å². The molecule has 0 fully saturated rings. The Morgan fingerprint density at radius 1 is 0.938 bits per heavy atom. The summed E-state index contributed by atoms with van der Waals surface area (Å²) in [6, 6.07) is 9.59. The van der Waals surface area contributed by atoms with E-state index in [4.69, 9.17) is 14.1 Å². The molecule has 0 radical (unpaired) electrons. The van der Waals surface area contributed by atoms with E-state index in [1.54, 1.807) is 0 Å². The van der Waals surface area contributed by atoms with Crippen LogP contribution in [0.5, 0.6) is 0 Å². The van der Waals surface area contributed by atoms with Crippen LogP contribution in [-0.2, 0) is 27.1 Å². The van der Waals surface area contributed by atoms with Gasteiger partial charge in [-0.2, -0.15) is 0 Å². The van der Waals surface area contributed by atoms with Gasteiger partial charge in [-0.15, -0.1) is 0 Å². The average Bonchev–Trinajstić information content (AvgIpc) is 3.33. The van der Waals surface area contributed by atoms with Crippen LogP contribution in [0.15, 0.2) is 36.4 Å². The Hall–Kier alpha value is -3.77. The minimum atomic E-state index is -2.09. The summed E-state index contributed by atoms with van der Waals surface area (Å²) in [5, 5.41) is 5.65. The highest BCUT2D eigenvalue weighted by Crippen LogP contribution is 2.42. The number of anilines is 1. The molecule has 2 amide bonds. The molecule has 0 aliphatic heterocycles. The second-order valence-electron chi connectivity index (χ2n) is 14.1. The number of fused-ring (bicyclic) bond motifs is 1. The fourth-order valence-corrected chi connectivity index (χ4v) is 11.9. The lowest BCUT2D eigenvalue weighted by Gasteiger charge is -2.42. The highest BCUT2D eigenvalue weighted by atomic mass is 28.4. The van der Waals surface area contributed by atoms with Crippen LogP contribution in [-0.4, -0.2) is 55.1 Å². The van der Waals surface area contributed by atoms with E-state index in [0.29, 0.717) is 47.8 Å². The van der Waals surface area contributed by atoms with Crippen LogP contribution in [0.3, 0.4) is 0 Å². The molecule has 0 aliphatic rings. The number of unbranched alkanes of at least 4 members (excludes halogenated alkanes) is 2. The number of hydrogen-bond acceptors (Lipinski definition) is 7. The Morgan fingerprint density at radius 2 is 1.60 bits per heavy atom. The van der Waals surface area contributed by atoms with Crippen molar-refractivity contribution >= 4 is 43.3 Å². The predicted molar refractivity (Wildman–Crippen MR) is 189 cm³/mol. The molecule has 0 atom stereocenters. The van der Waals surface area contributed by atoms with Crippen molar-refractivity contribution in [3.8, 4) is 0 Å². The number of aryl methyl sites for hydroxylation is 1. The molecule has 0 spiro atoms. The Bertz CT molecular complexity index is 1560. The number of nitrogens with zero attached hydrogens (tertiary/aromatic N) is 2. The van der Waals surface area contributed by atoms with E-state index in [0.717, 1.165) is 43.5 Å². The smallest absolute Gasteiger partial charge is 0.407 e. The molecule has 1 aromatic heterocycles. The van der Waals surface area contributed by atoms with E-state index < -0.39 is 37.7 Å². The number of hydrogen-bond donors (Lipinski definition) is 2. The zero-order valence-electron chi connectivity index (χ0n) is 30.2. The minimum Gasteiger partial charge on any atom is -0.465 e. The van der Waals surface area contributed by atoms with Gasteiger partial charge in [0.2, 0.25) is 14.3 Å². The van der Waals surface area contributed by atoms with E-state index >= 15 is 0 Å². The summed E-state index contributed by atoms with van der Waals surface area (Å²) in [4.78, 5) is 42.2. The monoisotopic (exact) mass is 684 g/mol. The van der Waals surface area contributed by atoms with Gasteiger partial charge < -0.3 is 23.8 Å². The molecule has 0 unspecified atom stereocenters. The number of esters is 1. The van der Waals surface area contributed by atoms with Gasteiger partial charge in [-0.3, -0.25) is 10.1 Å². The molecule has 3 aromatic rings. The number of imidazole rings is 1. The highest BCUT2D eigenvalue weighted by molar-refractivity contribution is 6.77. The number of nitrogens with one attached hydrogen (secondary N) is 2. The van der Waals surface area contributed by atoms with Crippen molar-refractivity contribution in [3.63, 3.8) is 0 Å². The maximum absolute atomic E-state index is 14.3. The standard InChI is InChI=1S/C36H53FN4O6Si/c1-23(2)48(24(3)4,25(5)6)46-22-26-14-17-31-30(20-26)39-34(40-32(42)27-15-16-29(37)28(21-27)33(43)45-10)41(31)19-13-11-12-18-38-35(44)47-36(7,8)9/h14-17,20-21,23-25H,11-13,18-19,22H2,1-10H3,(H,38,44)(H,39,40,42). The Morgan fingerprint density at radius 3 is 2.21 bits per heavy atom. The maximum Gasteiger partial charge on any atom is 0.407 e. The number of ether oxygens (including phenoxy) is 2. The molecular weight excluding hydrogens is 632 g/mol. The van der Waals surface area contributed by atoms with E-state index in [2.05, 4.69) is 56.9 Å². The molecule has 0 saturated carbocycles. The second-order valence-corrected chi connectivity index (χ2v) is 19.6. The summed E-state index contributed by atoms with van der Waals surface area (Å²) < 4.78 is 33.0. The van der Waals surface area contributed by atoms with E-state index in [1.165, 1.54) is 12.1 Å². The quantitative estimate of drug-likeness (QED) is 0.0934. The molecule has 3 rings (SSSR count). The number of carbonyl (C=O) groups excluding carboxylic acids is 3. The van der Waals surface area contributed by atoms with Crippen molar-refractivity contribution in [1.82, 2.24) is 14.9 Å². The molecule has 10 nitrogen and oxygen atoms in total. The number of rotatable bonds is 15. The van der Waals surface area contributed by atoms with Gasteiger partial charge in [0.25, 0.3) is 5.91 Å². The molecule has 0 bridgehead atoms. The van der Waals surface area contributed by atoms with Crippen LogP contribution >= 0.6 is 0 Å². The molecule has 2 N–H and O–H groups in total. The molecule has 1 heterocycles. The van der Waals surface area contributed by atoms with Gasteiger partial charge in [0.05, 0.1) is 30.3 Å². The van der Waals surface area contributed by atoms with Gasteiger partial charge in [-0.1, -0.05) is 47.6 Å². The first kappa shape index (κ1) is 38.7. The van der Waals surface area contributed by atoms with Crippen LogP contribution in [0.4, 0.5) is 15.1 Å². The normalized spacial score (nSPS) is 12.2. The Kier molecular flexibility index (Phi) is 13.3. The summed E-state index contributed by atoms with van der Waals surface area (Å²) in [5.41, 5.74) is 3.11. The lowest BCUT2D eigenvalue weighted by Crippen LogP contribution is -2.47. The van der Waals surface area contributed by atoms with Gasteiger partial charge in [0.15, 0.2) is 0 Å². The average molecular weight is 685 g/mol. The summed E-state index contributed by atoms with van der Waals surface area (Å²) in [6.07, 6.45) is 1.86. The fraction of sp³-hybridized carbons (Fsp3) is 0.556. The van der Waals surface area contributed by atoms with Crippen molar-refractivity contribution < 1.29 is 32.7 Å². The van der Waals surface area contributed by atoms with Crippen LogP contribution in [0.25, 0.3) is 11.0 Å². The topological polar surface area (TPSA) is 121 Å². The first-order valence-electron chi connectivity index (χ1n) is 16.8. The number of alkyl carbamates (subject to hydrolysis) is 1. The molecule has 12 heteroatoms. The van der Waals surface area contributed by atoms with Crippen LogP contribution in [0, 0.1) is 5.82 Å². The highest BCUT2D eigenvalue weighted by Gasteiger charge is 2.45. The number of methoxy groups -OCH3 is 1. The second kappa shape index (κ2) is 16.6. The maximum atomic E-state index is 14.3. The number of aromatic nitrogens is 2. The van der Waals surface area contributed by atoms with E-state index in [1.807, 2.05) is 43.5 Å². The molecular formula is C36H53FN4O6Si. The SMILES string of the molecule is COC(=O)c1cc(C(=O)Nc2nc3cc(CO[Si](C(C)C)(C(C)C)C(C)C)ccc3n2CCCCCNC(=O)OC(C)(C)C)ccc1F. The van der Waals surface area contributed by atoms with Crippen LogP contribution < -0.4 is 10.6 Å².